The summed E-state index contributed by atoms with van der Waals surface area (Å²) in [5.41, 5.74) is 3.34. The third-order valence-electron chi connectivity index (χ3n) is 7.30. The van der Waals surface area contributed by atoms with Gasteiger partial charge in [0.2, 0.25) is 0 Å². The molecule has 4 aromatic carbocycles. The van der Waals surface area contributed by atoms with Gasteiger partial charge in [-0.15, -0.1) is 0 Å². The standard InChI is InChI=1S/C34H31Cl2N3O5/c35-27-14-13-26(31(36)16-27)21-39-19-24(15-32(40)41)18-38(34(39)43)20-25-9-4-5-12-30(25)33(42)37-28-10-6-11-29(17-28)44-22-23-7-2-1-3-8-23/h1-14,16-17,24H,15,18-22H2,(H,37,42)(H,40,41). The average molecular weight is 633 g/mol. The molecule has 1 aliphatic rings. The van der Waals surface area contributed by atoms with Crippen molar-refractivity contribution < 1.29 is 24.2 Å². The summed E-state index contributed by atoms with van der Waals surface area (Å²) in [6, 6.07) is 28.8. The minimum Gasteiger partial charge on any atom is -0.489 e. The summed E-state index contributed by atoms with van der Waals surface area (Å²) in [6.07, 6.45) is -0.0978. The largest absolute Gasteiger partial charge is 0.489 e. The van der Waals surface area contributed by atoms with Gasteiger partial charge in [0.15, 0.2) is 0 Å². The normalized spacial score (nSPS) is 14.8. The molecule has 1 heterocycles. The summed E-state index contributed by atoms with van der Waals surface area (Å²) in [5.74, 6) is -0.971. The molecule has 1 aliphatic heterocycles. The van der Waals surface area contributed by atoms with Crippen molar-refractivity contribution in [1.82, 2.24) is 9.80 Å². The molecule has 1 fully saturated rings. The zero-order chi connectivity index (χ0) is 31.1. The van der Waals surface area contributed by atoms with Gasteiger partial charge in [0.05, 0.1) is 6.42 Å². The number of carbonyl (C=O) groups excluding carboxylic acids is 2. The number of hydrogen-bond acceptors (Lipinski definition) is 4. The van der Waals surface area contributed by atoms with Crippen LogP contribution in [0.4, 0.5) is 10.5 Å². The number of anilines is 1. The molecule has 2 N–H and O–H groups in total. The molecule has 44 heavy (non-hydrogen) atoms. The van der Waals surface area contributed by atoms with Gasteiger partial charge in [0.25, 0.3) is 5.91 Å². The lowest BCUT2D eigenvalue weighted by atomic mass is 9.99. The summed E-state index contributed by atoms with van der Waals surface area (Å²) < 4.78 is 5.90. The van der Waals surface area contributed by atoms with Crippen LogP contribution in [0.5, 0.6) is 5.75 Å². The Morgan fingerprint density at radius 1 is 0.841 bits per heavy atom. The molecule has 1 atom stereocenters. The third-order valence-corrected chi connectivity index (χ3v) is 7.89. The Balaban J connectivity index is 1.30. The van der Waals surface area contributed by atoms with E-state index in [0.717, 1.165) is 5.56 Å². The highest BCUT2D eigenvalue weighted by Gasteiger charge is 2.33. The van der Waals surface area contributed by atoms with Crippen molar-refractivity contribution in [2.75, 3.05) is 18.4 Å². The van der Waals surface area contributed by atoms with Crippen molar-refractivity contribution in [2.24, 2.45) is 5.92 Å². The van der Waals surface area contributed by atoms with Crippen molar-refractivity contribution in [3.63, 3.8) is 0 Å². The molecule has 1 saturated heterocycles. The van der Waals surface area contributed by atoms with Gasteiger partial charge in [0, 0.05) is 59.5 Å². The lowest BCUT2D eigenvalue weighted by molar-refractivity contribution is -0.138. The predicted molar refractivity (Wildman–Crippen MR) is 170 cm³/mol. The number of nitrogens with zero attached hydrogens (tertiary/aromatic N) is 2. The predicted octanol–water partition coefficient (Wildman–Crippen LogP) is 7.35. The van der Waals surface area contributed by atoms with Crippen molar-refractivity contribution in [3.05, 3.63) is 129 Å². The molecule has 0 aliphatic carbocycles. The Morgan fingerprint density at radius 3 is 2.27 bits per heavy atom. The second-order valence-corrected chi connectivity index (χ2v) is 11.5. The molecule has 1 unspecified atom stereocenters. The minimum absolute atomic E-state index is 0.0978. The molecule has 8 nitrogen and oxygen atoms in total. The monoisotopic (exact) mass is 631 g/mol. The van der Waals surface area contributed by atoms with E-state index < -0.39 is 5.97 Å². The number of nitrogens with one attached hydrogen (secondary N) is 1. The van der Waals surface area contributed by atoms with Gasteiger partial charge >= 0.3 is 12.0 Å². The number of halogens is 2. The van der Waals surface area contributed by atoms with Crippen LogP contribution in [0, 0.1) is 5.92 Å². The molecular formula is C34H31Cl2N3O5. The molecule has 5 rings (SSSR count). The molecule has 10 heteroatoms. The van der Waals surface area contributed by atoms with Crippen molar-refractivity contribution in [2.45, 2.75) is 26.1 Å². The summed E-state index contributed by atoms with van der Waals surface area (Å²) >= 11 is 12.4. The van der Waals surface area contributed by atoms with E-state index in [9.17, 15) is 19.5 Å². The number of carboxylic acid groups (broad SMARTS) is 1. The van der Waals surface area contributed by atoms with E-state index in [1.165, 1.54) is 0 Å². The van der Waals surface area contributed by atoms with Gasteiger partial charge < -0.3 is 25.0 Å². The van der Waals surface area contributed by atoms with E-state index in [4.69, 9.17) is 27.9 Å². The lowest BCUT2D eigenvalue weighted by Gasteiger charge is -2.40. The second kappa shape index (κ2) is 14.3. The Morgan fingerprint density at radius 2 is 1.55 bits per heavy atom. The average Bonchev–Trinajstić information content (AvgIpc) is 3.00. The highest BCUT2D eigenvalue weighted by molar-refractivity contribution is 6.35. The Hall–Kier alpha value is -4.53. The summed E-state index contributed by atoms with van der Waals surface area (Å²) in [4.78, 5) is 41.9. The first-order valence-electron chi connectivity index (χ1n) is 14.1. The van der Waals surface area contributed by atoms with E-state index >= 15 is 0 Å². The number of carboxylic acids is 1. The van der Waals surface area contributed by atoms with Crippen LogP contribution in [0.15, 0.2) is 97.1 Å². The van der Waals surface area contributed by atoms with Gasteiger partial charge in [-0.2, -0.15) is 0 Å². The maximum atomic E-state index is 13.6. The van der Waals surface area contributed by atoms with Gasteiger partial charge in [-0.05, 0) is 47.0 Å². The topological polar surface area (TPSA) is 99.2 Å². The van der Waals surface area contributed by atoms with Crippen LogP contribution in [-0.4, -0.2) is 45.9 Å². The fraction of sp³-hybridized carbons (Fsp3) is 0.206. The Bertz CT molecular complexity index is 1650. The summed E-state index contributed by atoms with van der Waals surface area (Å²) in [5, 5.41) is 13.4. The minimum atomic E-state index is -0.941. The molecule has 0 radical (unpaired) electrons. The molecule has 0 saturated carbocycles. The number of urea groups is 1. The first-order chi connectivity index (χ1) is 21.2. The number of amides is 3. The molecule has 0 bridgehead atoms. The molecule has 226 valence electrons. The van der Waals surface area contributed by atoms with E-state index in [0.29, 0.717) is 44.8 Å². The number of rotatable bonds is 11. The van der Waals surface area contributed by atoms with Crippen LogP contribution in [0.25, 0.3) is 0 Å². The molecule has 4 aromatic rings. The Labute approximate surface area is 265 Å². The van der Waals surface area contributed by atoms with E-state index in [-0.39, 0.29) is 50.5 Å². The summed E-state index contributed by atoms with van der Waals surface area (Å²) in [7, 11) is 0. The molecule has 3 amide bonds. The number of benzene rings is 4. The first kappa shape index (κ1) is 30.9. The SMILES string of the molecule is O=C(O)CC1CN(Cc2ccc(Cl)cc2Cl)C(=O)N(Cc2ccccc2C(=O)Nc2cccc(OCc3ccccc3)c2)C1. The van der Waals surface area contributed by atoms with E-state index in [1.54, 1.807) is 70.5 Å². The van der Waals surface area contributed by atoms with Gasteiger partial charge in [-0.1, -0.05) is 83.9 Å². The number of aliphatic carboxylic acids is 1. The highest BCUT2D eigenvalue weighted by atomic mass is 35.5. The van der Waals surface area contributed by atoms with Crippen LogP contribution in [0.2, 0.25) is 10.0 Å². The first-order valence-corrected chi connectivity index (χ1v) is 14.9. The lowest BCUT2D eigenvalue weighted by Crippen LogP contribution is -2.53. The van der Waals surface area contributed by atoms with Crippen LogP contribution in [0.1, 0.15) is 33.5 Å². The fourth-order valence-electron chi connectivity index (χ4n) is 5.22. The second-order valence-electron chi connectivity index (χ2n) is 10.7. The zero-order valence-electron chi connectivity index (χ0n) is 23.8. The van der Waals surface area contributed by atoms with Crippen molar-refractivity contribution in [1.29, 1.82) is 0 Å². The van der Waals surface area contributed by atoms with Crippen LogP contribution >= 0.6 is 23.2 Å². The van der Waals surface area contributed by atoms with E-state index in [1.807, 2.05) is 36.4 Å². The number of ether oxygens (including phenoxy) is 1. The van der Waals surface area contributed by atoms with Gasteiger partial charge in [0.1, 0.15) is 12.4 Å². The van der Waals surface area contributed by atoms with Crippen LogP contribution in [-0.2, 0) is 24.5 Å². The number of hydrogen-bond donors (Lipinski definition) is 2. The molecular weight excluding hydrogens is 601 g/mol. The van der Waals surface area contributed by atoms with Gasteiger partial charge in [-0.25, -0.2) is 4.79 Å². The quantitative estimate of drug-likeness (QED) is 0.180. The number of carbonyl (C=O) groups is 3. The highest BCUT2D eigenvalue weighted by Crippen LogP contribution is 2.27. The third kappa shape index (κ3) is 8.09. The zero-order valence-corrected chi connectivity index (χ0v) is 25.3. The van der Waals surface area contributed by atoms with E-state index in [2.05, 4.69) is 5.32 Å². The molecule has 0 aromatic heterocycles. The Kier molecular flexibility index (Phi) is 10.0. The maximum Gasteiger partial charge on any atom is 0.320 e. The maximum absolute atomic E-state index is 13.6. The smallest absolute Gasteiger partial charge is 0.320 e. The van der Waals surface area contributed by atoms with Crippen molar-refractivity contribution in [3.8, 4) is 5.75 Å². The fourth-order valence-corrected chi connectivity index (χ4v) is 5.69. The molecule has 0 spiro atoms. The summed E-state index contributed by atoms with van der Waals surface area (Å²) in [6.45, 7) is 1.24. The van der Waals surface area contributed by atoms with Crippen molar-refractivity contribution >= 4 is 46.8 Å². The van der Waals surface area contributed by atoms with Crippen LogP contribution in [0.3, 0.4) is 0 Å². The van der Waals surface area contributed by atoms with Gasteiger partial charge in [-0.3, -0.25) is 9.59 Å². The van der Waals surface area contributed by atoms with Crippen LogP contribution < -0.4 is 10.1 Å².